The molecule has 5 nitrogen and oxygen atoms in total. The van der Waals surface area contributed by atoms with Gasteiger partial charge in [0.15, 0.2) is 0 Å². The van der Waals surface area contributed by atoms with Crippen LogP contribution < -0.4 is 9.47 Å². The lowest BCUT2D eigenvalue weighted by molar-refractivity contribution is 0.371. The molecule has 6 heteroatoms. The van der Waals surface area contributed by atoms with Crippen LogP contribution >= 0.6 is 0 Å². The standard InChI is InChI=1S/C18H23NO4S/c1-13-9-10-14(2)18(11-13)24(20,21)19(3)12-15-16(22-4)7-6-8-17(15)23-5/h6-11H,12H2,1-5H3. The normalized spacial score (nSPS) is 11.6. The predicted octanol–water partition coefficient (Wildman–Crippen LogP) is 3.14. The molecule has 0 unspecified atom stereocenters. The van der Waals surface area contributed by atoms with Crippen LogP contribution in [-0.2, 0) is 16.6 Å². The first-order valence-electron chi connectivity index (χ1n) is 7.54. The molecule has 0 saturated carbocycles. The van der Waals surface area contributed by atoms with E-state index in [1.165, 1.54) is 4.31 Å². The Balaban J connectivity index is 2.43. The second kappa shape index (κ2) is 7.23. The molecule has 0 spiro atoms. The zero-order valence-corrected chi connectivity index (χ0v) is 15.5. The molecular weight excluding hydrogens is 326 g/mol. The van der Waals surface area contributed by atoms with Gasteiger partial charge in [-0.25, -0.2) is 8.42 Å². The van der Waals surface area contributed by atoms with Gasteiger partial charge in [0, 0.05) is 13.6 Å². The van der Waals surface area contributed by atoms with Gasteiger partial charge >= 0.3 is 0 Å². The van der Waals surface area contributed by atoms with E-state index in [0.29, 0.717) is 22.0 Å². The molecule has 0 radical (unpaired) electrons. The molecule has 0 aliphatic rings. The smallest absolute Gasteiger partial charge is 0.243 e. The van der Waals surface area contributed by atoms with Gasteiger partial charge < -0.3 is 9.47 Å². The van der Waals surface area contributed by atoms with Gasteiger partial charge in [0.25, 0.3) is 0 Å². The Morgan fingerprint density at radius 3 is 2.12 bits per heavy atom. The minimum Gasteiger partial charge on any atom is -0.496 e. The Labute approximate surface area is 143 Å². The second-order valence-electron chi connectivity index (χ2n) is 5.67. The number of nitrogens with zero attached hydrogens (tertiary/aromatic N) is 1. The monoisotopic (exact) mass is 349 g/mol. The van der Waals surface area contributed by atoms with Gasteiger partial charge in [-0.15, -0.1) is 0 Å². The Morgan fingerprint density at radius 2 is 1.58 bits per heavy atom. The summed E-state index contributed by atoms with van der Waals surface area (Å²) in [7, 11) is 1.05. The lowest BCUT2D eigenvalue weighted by atomic mass is 10.1. The third kappa shape index (κ3) is 3.55. The molecule has 0 atom stereocenters. The zero-order chi connectivity index (χ0) is 17.9. The van der Waals surface area contributed by atoms with Crippen molar-refractivity contribution in [1.29, 1.82) is 0 Å². The molecule has 0 heterocycles. The van der Waals surface area contributed by atoms with Crippen molar-refractivity contribution in [3.05, 3.63) is 53.1 Å². The van der Waals surface area contributed by atoms with E-state index in [1.54, 1.807) is 52.5 Å². The van der Waals surface area contributed by atoms with Gasteiger partial charge in [-0.1, -0.05) is 18.2 Å². The summed E-state index contributed by atoms with van der Waals surface area (Å²) in [6.07, 6.45) is 0. The molecule has 0 aliphatic heterocycles. The summed E-state index contributed by atoms with van der Waals surface area (Å²) in [6.45, 7) is 3.83. The largest absolute Gasteiger partial charge is 0.496 e. The zero-order valence-electron chi connectivity index (χ0n) is 14.7. The first-order chi connectivity index (χ1) is 11.3. The van der Waals surface area contributed by atoms with Crippen LogP contribution in [0.1, 0.15) is 16.7 Å². The first kappa shape index (κ1) is 18.3. The van der Waals surface area contributed by atoms with Crippen molar-refractivity contribution in [2.75, 3.05) is 21.3 Å². The Hall–Kier alpha value is -2.05. The second-order valence-corrected chi connectivity index (χ2v) is 7.68. The van der Waals surface area contributed by atoms with Crippen LogP contribution in [0.25, 0.3) is 0 Å². The van der Waals surface area contributed by atoms with E-state index in [1.807, 2.05) is 19.1 Å². The average molecular weight is 349 g/mol. The molecular formula is C18H23NO4S. The van der Waals surface area contributed by atoms with Gasteiger partial charge in [-0.05, 0) is 43.2 Å². The van der Waals surface area contributed by atoms with Crippen molar-refractivity contribution in [3.8, 4) is 11.5 Å². The predicted molar refractivity (Wildman–Crippen MR) is 94.1 cm³/mol. The minimum absolute atomic E-state index is 0.156. The van der Waals surface area contributed by atoms with E-state index < -0.39 is 10.0 Å². The molecule has 0 bridgehead atoms. The van der Waals surface area contributed by atoms with Crippen molar-refractivity contribution in [1.82, 2.24) is 4.31 Å². The number of hydrogen-bond acceptors (Lipinski definition) is 4. The highest BCUT2D eigenvalue weighted by Gasteiger charge is 2.25. The van der Waals surface area contributed by atoms with Crippen LogP contribution in [0.4, 0.5) is 0 Å². The number of aryl methyl sites for hydroxylation is 2. The van der Waals surface area contributed by atoms with Gasteiger partial charge in [-0.2, -0.15) is 4.31 Å². The van der Waals surface area contributed by atoms with Gasteiger partial charge in [0.2, 0.25) is 10.0 Å². The molecule has 2 aromatic carbocycles. The fraction of sp³-hybridized carbons (Fsp3) is 0.333. The molecule has 2 aromatic rings. The minimum atomic E-state index is -3.62. The van der Waals surface area contributed by atoms with Crippen molar-refractivity contribution in [2.45, 2.75) is 25.3 Å². The average Bonchev–Trinajstić information content (AvgIpc) is 2.56. The van der Waals surface area contributed by atoms with Crippen LogP contribution in [0.2, 0.25) is 0 Å². The number of hydrogen-bond donors (Lipinski definition) is 0. The lowest BCUT2D eigenvalue weighted by Crippen LogP contribution is -2.27. The Kier molecular flexibility index (Phi) is 5.51. The first-order valence-corrected chi connectivity index (χ1v) is 8.98. The molecule has 0 saturated heterocycles. The lowest BCUT2D eigenvalue weighted by Gasteiger charge is -2.21. The van der Waals surface area contributed by atoms with Crippen LogP contribution in [0.3, 0.4) is 0 Å². The molecule has 0 aromatic heterocycles. The summed E-state index contributed by atoms with van der Waals surface area (Å²) in [4.78, 5) is 0.318. The third-order valence-corrected chi connectivity index (χ3v) is 5.89. The van der Waals surface area contributed by atoms with E-state index >= 15 is 0 Å². The van der Waals surface area contributed by atoms with E-state index in [-0.39, 0.29) is 6.54 Å². The number of methoxy groups -OCH3 is 2. The maximum Gasteiger partial charge on any atom is 0.243 e. The summed E-state index contributed by atoms with van der Waals surface area (Å²) in [6, 6.07) is 10.8. The van der Waals surface area contributed by atoms with E-state index in [4.69, 9.17) is 9.47 Å². The van der Waals surface area contributed by atoms with E-state index in [0.717, 1.165) is 11.1 Å². The fourth-order valence-corrected chi connectivity index (χ4v) is 3.99. The highest BCUT2D eigenvalue weighted by molar-refractivity contribution is 7.89. The van der Waals surface area contributed by atoms with Gasteiger partial charge in [0.05, 0.1) is 24.7 Å². The van der Waals surface area contributed by atoms with Crippen molar-refractivity contribution < 1.29 is 17.9 Å². The van der Waals surface area contributed by atoms with Crippen LogP contribution in [0.15, 0.2) is 41.3 Å². The van der Waals surface area contributed by atoms with Crippen molar-refractivity contribution in [2.24, 2.45) is 0 Å². The molecule has 130 valence electrons. The van der Waals surface area contributed by atoms with Gasteiger partial charge in [0.1, 0.15) is 11.5 Å². The van der Waals surface area contributed by atoms with E-state index in [2.05, 4.69) is 0 Å². The molecule has 24 heavy (non-hydrogen) atoms. The number of sulfonamides is 1. The van der Waals surface area contributed by atoms with Crippen molar-refractivity contribution >= 4 is 10.0 Å². The summed E-state index contributed by atoms with van der Waals surface area (Å²) in [5.41, 5.74) is 2.32. The van der Waals surface area contributed by atoms with Crippen LogP contribution in [-0.4, -0.2) is 34.0 Å². The maximum atomic E-state index is 13.0. The highest BCUT2D eigenvalue weighted by atomic mass is 32.2. The Bertz CT molecular complexity index is 809. The van der Waals surface area contributed by atoms with E-state index in [9.17, 15) is 8.42 Å². The van der Waals surface area contributed by atoms with Gasteiger partial charge in [-0.3, -0.25) is 0 Å². The number of ether oxygens (including phenoxy) is 2. The number of rotatable bonds is 6. The maximum absolute atomic E-state index is 13.0. The molecule has 0 fully saturated rings. The summed E-state index contributed by atoms with van der Waals surface area (Å²) in [5.74, 6) is 1.19. The molecule has 0 amide bonds. The van der Waals surface area contributed by atoms with Crippen molar-refractivity contribution in [3.63, 3.8) is 0 Å². The topological polar surface area (TPSA) is 55.8 Å². The fourth-order valence-electron chi connectivity index (χ4n) is 2.54. The number of benzene rings is 2. The van der Waals surface area contributed by atoms with Crippen LogP contribution in [0, 0.1) is 13.8 Å². The quantitative estimate of drug-likeness (QED) is 0.804. The highest BCUT2D eigenvalue weighted by Crippen LogP contribution is 2.31. The SMILES string of the molecule is COc1cccc(OC)c1CN(C)S(=O)(=O)c1cc(C)ccc1C. The summed E-state index contributed by atoms with van der Waals surface area (Å²) in [5, 5.41) is 0. The molecule has 0 N–H and O–H groups in total. The van der Waals surface area contributed by atoms with Crippen LogP contribution in [0.5, 0.6) is 11.5 Å². The molecule has 2 rings (SSSR count). The summed E-state index contributed by atoms with van der Waals surface area (Å²) >= 11 is 0. The third-order valence-electron chi connectivity index (χ3n) is 3.94. The Morgan fingerprint density at radius 1 is 1.00 bits per heavy atom. The summed E-state index contributed by atoms with van der Waals surface area (Å²) < 4.78 is 37.9. The molecule has 0 aliphatic carbocycles.